The van der Waals surface area contributed by atoms with E-state index >= 15 is 0 Å². The van der Waals surface area contributed by atoms with Crippen LogP contribution < -0.4 is 0 Å². The van der Waals surface area contributed by atoms with Crippen LogP contribution in [-0.2, 0) is 9.59 Å². The van der Waals surface area contributed by atoms with Gasteiger partial charge in [-0.3, -0.25) is 9.59 Å². The summed E-state index contributed by atoms with van der Waals surface area (Å²) < 4.78 is 0. The summed E-state index contributed by atoms with van der Waals surface area (Å²) in [6, 6.07) is -0.304. The fourth-order valence-corrected chi connectivity index (χ4v) is 3.24. The van der Waals surface area contributed by atoms with Crippen molar-refractivity contribution in [3.05, 3.63) is 0 Å². The quantitative estimate of drug-likeness (QED) is 0.768. The van der Waals surface area contributed by atoms with E-state index in [9.17, 15) is 9.59 Å². The molecule has 0 saturated carbocycles. The number of nitrogens with zero attached hydrogens (tertiary/aromatic N) is 3. The van der Waals surface area contributed by atoms with Crippen molar-refractivity contribution in [2.75, 3.05) is 39.8 Å². The molecule has 2 rings (SSSR count). The SMILES string of the molecule is CC1CCCN(CCC(=O)N2CCN(C)C(=O)C2C)C1. The van der Waals surface area contributed by atoms with E-state index in [0.29, 0.717) is 19.5 Å². The Morgan fingerprint density at radius 3 is 2.70 bits per heavy atom. The smallest absolute Gasteiger partial charge is 0.244 e. The van der Waals surface area contributed by atoms with Crippen LogP contribution in [0.1, 0.15) is 33.1 Å². The van der Waals surface area contributed by atoms with Gasteiger partial charge in [0.05, 0.1) is 0 Å². The summed E-state index contributed by atoms with van der Waals surface area (Å²) in [5.41, 5.74) is 0. The Kier molecular flexibility index (Phi) is 5.02. The highest BCUT2D eigenvalue weighted by atomic mass is 16.2. The Morgan fingerprint density at radius 2 is 2.00 bits per heavy atom. The first kappa shape index (κ1) is 15.3. The van der Waals surface area contributed by atoms with Gasteiger partial charge >= 0.3 is 0 Å². The Hall–Kier alpha value is -1.10. The summed E-state index contributed by atoms with van der Waals surface area (Å²) in [5, 5.41) is 0. The van der Waals surface area contributed by atoms with Gasteiger partial charge in [-0.2, -0.15) is 0 Å². The van der Waals surface area contributed by atoms with Gasteiger partial charge < -0.3 is 14.7 Å². The third-order valence-corrected chi connectivity index (χ3v) is 4.58. The van der Waals surface area contributed by atoms with Crippen molar-refractivity contribution < 1.29 is 9.59 Å². The maximum absolute atomic E-state index is 12.3. The number of amides is 2. The summed E-state index contributed by atoms with van der Waals surface area (Å²) in [6.45, 7) is 8.46. The van der Waals surface area contributed by atoms with Gasteiger partial charge in [0.25, 0.3) is 0 Å². The molecule has 20 heavy (non-hydrogen) atoms. The summed E-state index contributed by atoms with van der Waals surface area (Å²) in [5.74, 6) is 0.913. The van der Waals surface area contributed by atoms with E-state index in [4.69, 9.17) is 0 Å². The first-order valence-corrected chi connectivity index (χ1v) is 7.76. The van der Waals surface area contributed by atoms with Crippen LogP contribution >= 0.6 is 0 Å². The zero-order valence-corrected chi connectivity index (χ0v) is 13.0. The van der Waals surface area contributed by atoms with E-state index in [1.54, 1.807) is 16.8 Å². The van der Waals surface area contributed by atoms with Crippen LogP contribution in [0.3, 0.4) is 0 Å². The molecule has 2 fully saturated rings. The number of hydrogen-bond acceptors (Lipinski definition) is 3. The summed E-state index contributed by atoms with van der Waals surface area (Å²) in [7, 11) is 1.80. The number of piperazine rings is 1. The van der Waals surface area contributed by atoms with Crippen LogP contribution in [0.25, 0.3) is 0 Å². The predicted molar refractivity (Wildman–Crippen MR) is 78.3 cm³/mol. The van der Waals surface area contributed by atoms with Crippen molar-refractivity contribution in [3.63, 3.8) is 0 Å². The molecule has 2 atom stereocenters. The minimum Gasteiger partial charge on any atom is -0.342 e. The number of hydrogen-bond donors (Lipinski definition) is 0. The standard InChI is InChI=1S/C15H27N3O2/c1-12-5-4-7-17(11-12)8-6-14(19)18-10-9-16(3)15(20)13(18)2/h12-13H,4-11H2,1-3H3. The number of carbonyl (C=O) groups excluding carboxylic acids is 2. The van der Waals surface area contributed by atoms with Gasteiger partial charge in [-0.15, -0.1) is 0 Å². The first-order chi connectivity index (χ1) is 9.49. The Labute approximate surface area is 121 Å². The molecule has 5 heteroatoms. The molecule has 2 unspecified atom stereocenters. The van der Waals surface area contributed by atoms with E-state index in [1.807, 2.05) is 6.92 Å². The van der Waals surface area contributed by atoms with E-state index in [1.165, 1.54) is 12.8 Å². The largest absolute Gasteiger partial charge is 0.342 e. The van der Waals surface area contributed by atoms with Gasteiger partial charge in [-0.1, -0.05) is 6.92 Å². The molecule has 114 valence electrons. The summed E-state index contributed by atoms with van der Waals surface area (Å²) in [6.07, 6.45) is 3.07. The second kappa shape index (κ2) is 6.57. The zero-order valence-electron chi connectivity index (χ0n) is 13.0. The molecule has 2 saturated heterocycles. The molecule has 0 N–H and O–H groups in total. The number of piperidine rings is 1. The van der Waals surface area contributed by atoms with Crippen molar-refractivity contribution in [1.29, 1.82) is 0 Å². The highest BCUT2D eigenvalue weighted by molar-refractivity contribution is 5.88. The van der Waals surface area contributed by atoms with E-state index in [-0.39, 0.29) is 17.9 Å². The summed E-state index contributed by atoms with van der Waals surface area (Å²) in [4.78, 5) is 30.1. The van der Waals surface area contributed by atoms with Gasteiger partial charge in [0, 0.05) is 39.6 Å². The maximum atomic E-state index is 12.3. The lowest BCUT2D eigenvalue weighted by Crippen LogP contribution is -2.56. The molecule has 2 aliphatic heterocycles. The third-order valence-electron chi connectivity index (χ3n) is 4.58. The van der Waals surface area contributed by atoms with Crippen molar-refractivity contribution in [2.45, 2.75) is 39.2 Å². The summed E-state index contributed by atoms with van der Waals surface area (Å²) >= 11 is 0. The van der Waals surface area contributed by atoms with Gasteiger partial charge in [-0.25, -0.2) is 0 Å². The number of likely N-dealkylation sites (N-methyl/N-ethyl adjacent to an activating group) is 1. The average Bonchev–Trinajstić information content (AvgIpc) is 2.42. The van der Waals surface area contributed by atoms with E-state index in [2.05, 4.69) is 11.8 Å². The minimum atomic E-state index is -0.304. The van der Waals surface area contributed by atoms with E-state index in [0.717, 1.165) is 25.6 Å². The molecular weight excluding hydrogens is 254 g/mol. The molecule has 0 aromatic rings. The monoisotopic (exact) mass is 281 g/mol. The third kappa shape index (κ3) is 3.51. The minimum absolute atomic E-state index is 0.0520. The predicted octanol–water partition coefficient (Wildman–Crippen LogP) is 0.798. The normalized spacial score (nSPS) is 28.9. The van der Waals surface area contributed by atoms with Gasteiger partial charge in [0.1, 0.15) is 6.04 Å². The highest BCUT2D eigenvalue weighted by Gasteiger charge is 2.32. The second-order valence-corrected chi connectivity index (χ2v) is 6.32. The Bertz CT molecular complexity index is 372. The van der Waals surface area contributed by atoms with Gasteiger partial charge in [0.15, 0.2) is 0 Å². The number of carbonyl (C=O) groups is 2. The topological polar surface area (TPSA) is 43.9 Å². The molecule has 0 radical (unpaired) electrons. The molecule has 2 heterocycles. The average molecular weight is 281 g/mol. The molecule has 0 bridgehead atoms. The lowest BCUT2D eigenvalue weighted by Gasteiger charge is -2.38. The maximum Gasteiger partial charge on any atom is 0.244 e. The molecule has 2 aliphatic rings. The molecule has 5 nitrogen and oxygen atoms in total. The Morgan fingerprint density at radius 1 is 1.25 bits per heavy atom. The van der Waals surface area contributed by atoms with Crippen LogP contribution in [0.15, 0.2) is 0 Å². The van der Waals surface area contributed by atoms with Crippen LogP contribution in [0.4, 0.5) is 0 Å². The number of rotatable bonds is 3. The molecule has 2 amide bonds. The van der Waals surface area contributed by atoms with Gasteiger partial charge in [-0.05, 0) is 32.2 Å². The molecular formula is C15H27N3O2. The zero-order chi connectivity index (χ0) is 14.7. The lowest BCUT2D eigenvalue weighted by atomic mass is 10.0. The van der Waals surface area contributed by atoms with Crippen LogP contribution in [0.5, 0.6) is 0 Å². The fraction of sp³-hybridized carbons (Fsp3) is 0.867. The second-order valence-electron chi connectivity index (χ2n) is 6.32. The lowest BCUT2D eigenvalue weighted by molar-refractivity contribution is -0.149. The molecule has 0 aliphatic carbocycles. The van der Waals surface area contributed by atoms with Crippen molar-refractivity contribution >= 4 is 11.8 Å². The van der Waals surface area contributed by atoms with Crippen LogP contribution in [-0.4, -0.2) is 72.3 Å². The molecule has 0 aromatic carbocycles. The van der Waals surface area contributed by atoms with Crippen molar-refractivity contribution in [1.82, 2.24) is 14.7 Å². The van der Waals surface area contributed by atoms with Gasteiger partial charge in [0.2, 0.25) is 11.8 Å². The van der Waals surface area contributed by atoms with Crippen LogP contribution in [0, 0.1) is 5.92 Å². The first-order valence-electron chi connectivity index (χ1n) is 7.76. The molecule has 0 aromatic heterocycles. The fourth-order valence-electron chi connectivity index (χ4n) is 3.24. The highest BCUT2D eigenvalue weighted by Crippen LogP contribution is 2.16. The van der Waals surface area contributed by atoms with E-state index < -0.39 is 0 Å². The van der Waals surface area contributed by atoms with Crippen LogP contribution in [0.2, 0.25) is 0 Å². The van der Waals surface area contributed by atoms with Crippen molar-refractivity contribution in [3.8, 4) is 0 Å². The Balaban J connectivity index is 1.81. The van der Waals surface area contributed by atoms with Crippen molar-refractivity contribution in [2.24, 2.45) is 5.92 Å². The molecule has 0 spiro atoms. The number of likely N-dealkylation sites (tertiary alicyclic amines) is 1.